The van der Waals surface area contributed by atoms with Crippen molar-refractivity contribution in [2.45, 2.75) is 78.7 Å². The molecule has 0 bridgehead atoms. The molecule has 9 atom stereocenters. The summed E-state index contributed by atoms with van der Waals surface area (Å²) in [7, 11) is 0. The Hall–Kier alpha value is -0.990. The fraction of sp³-hybridized carbons (Fsp3) is 0.875. The minimum Gasteiger partial charge on any atom is -0.304 e. The van der Waals surface area contributed by atoms with Gasteiger partial charge in [-0.25, -0.2) is 0 Å². The second-order valence-electron chi connectivity index (χ2n) is 11.1. The number of hydrogen-bond donors (Lipinski definition) is 1. The van der Waals surface area contributed by atoms with Crippen molar-refractivity contribution in [3.63, 3.8) is 0 Å². The van der Waals surface area contributed by atoms with E-state index in [2.05, 4.69) is 25.9 Å². The van der Waals surface area contributed by atoms with Crippen molar-refractivity contribution < 1.29 is 4.79 Å². The first-order valence-corrected chi connectivity index (χ1v) is 11.7. The van der Waals surface area contributed by atoms with E-state index in [1.165, 1.54) is 44.9 Å². The molecule has 0 radical (unpaired) electrons. The Morgan fingerprint density at radius 1 is 1.07 bits per heavy atom. The minimum atomic E-state index is 0.251. The molecule has 1 aromatic heterocycles. The third-order valence-electron chi connectivity index (χ3n) is 9.74. The van der Waals surface area contributed by atoms with Gasteiger partial charge in [0.2, 0.25) is 0 Å². The van der Waals surface area contributed by atoms with Crippen molar-refractivity contribution in [1.29, 1.82) is 0 Å². The summed E-state index contributed by atoms with van der Waals surface area (Å²) in [5, 5.41) is 3.11. The normalized spacial score (nSPS) is 49.3. The lowest BCUT2D eigenvalue weighted by atomic mass is 9.48. The van der Waals surface area contributed by atoms with Crippen LogP contribution < -0.4 is 0 Å². The van der Waals surface area contributed by atoms with Gasteiger partial charge in [0.1, 0.15) is 0 Å². The molecule has 0 amide bonds. The number of fused-ring (bicyclic) bond motifs is 5. The molecule has 4 aliphatic carbocycles. The number of carbonyl (C=O) groups excluding carboxylic acids is 1. The van der Waals surface area contributed by atoms with Gasteiger partial charge in [-0.2, -0.15) is 0 Å². The van der Waals surface area contributed by atoms with E-state index in [4.69, 9.17) is 0 Å². The standard InChI is InChI=1S/C24H38N2O/c1-15-4-6-18-17(12-15)5-7-20-19(18)8-9-24(3)21(13-16(2)23(20)24)22(27)14-26-11-10-25-26/h10-11,15-21,23,25H,4-9,12-14H2,1-3H3/t15-,16+,17+,18-,19+,20+,21+,23?,24+/m0/s1. The number of rotatable bonds is 3. The summed E-state index contributed by atoms with van der Waals surface area (Å²) < 4.78 is 1.95. The largest absolute Gasteiger partial charge is 0.304 e. The second-order valence-corrected chi connectivity index (χ2v) is 11.1. The lowest BCUT2D eigenvalue weighted by Gasteiger charge is -2.56. The van der Waals surface area contributed by atoms with Crippen molar-refractivity contribution in [2.75, 3.05) is 0 Å². The van der Waals surface area contributed by atoms with Crippen molar-refractivity contribution in [3.8, 4) is 0 Å². The van der Waals surface area contributed by atoms with Gasteiger partial charge in [-0.05, 0) is 91.8 Å². The van der Waals surface area contributed by atoms with Gasteiger partial charge in [0.05, 0.1) is 6.54 Å². The molecule has 4 saturated carbocycles. The summed E-state index contributed by atoms with van der Waals surface area (Å²) in [5.41, 5.74) is 0.251. The monoisotopic (exact) mass is 370 g/mol. The van der Waals surface area contributed by atoms with Gasteiger partial charge < -0.3 is 5.10 Å². The zero-order valence-corrected chi connectivity index (χ0v) is 17.5. The Morgan fingerprint density at radius 3 is 2.59 bits per heavy atom. The molecule has 3 heteroatoms. The molecule has 150 valence electrons. The molecule has 1 heterocycles. The zero-order chi connectivity index (χ0) is 18.8. The molecule has 1 unspecified atom stereocenters. The van der Waals surface area contributed by atoms with Crippen LogP contribution in [-0.4, -0.2) is 15.6 Å². The van der Waals surface area contributed by atoms with Crippen LogP contribution in [0.3, 0.4) is 0 Å². The third-order valence-corrected chi connectivity index (χ3v) is 9.74. The number of nitrogens with one attached hydrogen (secondary N) is 1. The summed E-state index contributed by atoms with van der Waals surface area (Å²) in [5.74, 6) is 7.08. The molecule has 27 heavy (non-hydrogen) atoms. The highest BCUT2D eigenvalue weighted by molar-refractivity contribution is 5.82. The summed E-state index contributed by atoms with van der Waals surface area (Å²) in [4.78, 5) is 13.2. The molecule has 0 spiro atoms. The van der Waals surface area contributed by atoms with Crippen LogP contribution in [0.25, 0.3) is 0 Å². The van der Waals surface area contributed by atoms with Crippen LogP contribution in [-0.2, 0) is 11.3 Å². The van der Waals surface area contributed by atoms with Crippen LogP contribution in [0.4, 0.5) is 0 Å². The predicted molar refractivity (Wildman–Crippen MR) is 108 cm³/mol. The number of H-pyrrole nitrogens is 1. The fourth-order valence-electron chi connectivity index (χ4n) is 8.68. The zero-order valence-electron chi connectivity index (χ0n) is 17.5. The van der Waals surface area contributed by atoms with Crippen molar-refractivity contribution in [2.24, 2.45) is 52.8 Å². The van der Waals surface area contributed by atoms with E-state index in [-0.39, 0.29) is 11.3 Å². The quantitative estimate of drug-likeness (QED) is 0.745. The van der Waals surface area contributed by atoms with Crippen molar-refractivity contribution in [1.82, 2.24) is 9.78 Å². The second kappa shape index (κ2) is 6.52. The molecule has 0 saturated heterocycles. The van der Waals surface area contributed by atoms with Crippen LogP contribution in [0.5, 0.6) is 0 Å². The molecule has 4 fully saturated rings. The van der Waals surface area contributed by atoms with E-state index in [1.807, 2.05) is 17.1 Å². The maximum absolute atomic E-state index is 13.2. The van der Waals surface area contributed by atoms with Gasteiger partial charge in [0.25, 0.3) is 0 Å². The SMILES string of the molecule is C[C@H]1CC[C@H]2[C@H](CC[C@H]3C4[C@H](C)C[C@H](C(=O)Cn5cc[nH]5)[C@@]4(C)CC[C@H]23)C1. The number of hydrogen-bond acceptors (Lipinski definition) is 1. The van der Waals surface area contributed by atoms with Crippen LogP contribution in [0.1, 0.15) is 72.1 Å². The molecular weight excluding hydrogens is 332 g/mol. The Labute approximate surface area is 164 Å². The van der Waals surface area contributed by atoms with Crippen molar-refractivity contribution >= 4 is 5.78 Å². The molecule has 5 rings (SSSR count). The van der Waals surface area contributed by atoms with E-state index >= 15 is 0 Å². The van der Waals surface area contributed by atoms with Gasteiger partial charge >= 0.3 is 0 Å². The average Bonchev–Trinajstić information content (AvgIpc) is 2.88. The highest BCUT2D eigenvalue weighted by Gasteiger charge is 2.60. The van der Waals surface area contributed by atoms with Gasteiger partial charge in [0.15, 0.2) is 5.78 Å². The lowest BCUT2D eigenvalue weighted by Crippen LogP contribution is -2.50. The number of carbonyl (C=O) groups is 1. The van der Waals surface area contributed by atoms with E-state index < -0.39 is 0 Å². The maximum Gasteiger partial charge on any atom is 0.157 e. The molecule has 0 aromatic carbocycles. The smallest absolute Gasteiger partial charge is 0.157 e. The Balaban J connectivity index is 1.37. The van der Waals surface area contributed by atoms with E-state index in [1.54, 1.807) is 0 Å². The number of Topliss-reactive ketones (excluding diaryl/α,β-unsaturated/α-hetero) is 1. The number of ketones is 1. The minimum absolute atomic E-state index is 0.251. The number of nitrogens with zero attached hydrogens (tertiary/aromatic N) is 1. The highest BCUT2D eigenvalue weighted by atomic mass is 16.1. The van der Waals surface area contributed by atoms with Crippen LogP contribution >= 0.6 is 0 Å². The highest BCUT2D eigenvalue weighted by Crippen LogP contribution is 2.66. The van der Waals surface area contributed by atoms with Gasteiger partial charge in [0, 0.05) is 18.3 Å². The first-order valence-electron chi connectivity index (χ1n) is 11.7. The molecule has 0 aliphatic heterocycles. The van der Waals surface area contributed by atoms with Crippen LogP contribution in [0, 0.1) is 52.8 Å². The topological polar surface area (TPSA) is 37.8 Å². The first-order chi connectivity index (χ1) is 13.0. The van der Waals surface area contributed by atoms with Gasteiger partial charge in [-0.15, -0.1) is 0 Å². The number of aromatic nitrogens is 2. The summed E-state index contributed by atoms with van der Waals surface area (Å²) in [6.45, 7) is 7.98. The predicted octanol–water partition coefficient (Wildman–Crippen LogP) is 5.54. The van der Waals surface area contributed by atoms with E-state index in [0.717, 1.165) is 47.8 Å². The van der Waals surface area contributed by atoms with Crippen molar-refractivity contribution in [3.05, 3.63) is 12.4 Å². The summed E-state index contributed by atoms with van der Waals surface area (Å²) in [6.07, 6.45) is 15.1. The summed E-state index contributed by atoms with van der Waals surface area (Å²) in [6, 6.07) is 0. The van der Waals surface area contributed by atoms with Gasteiger partial charge in [-0.1, -0.05) is 27.2 Å². The van der Waals surface area contributed by atoms with E-state index in [0.29, 0.717) is 12.3 Å². The molecular formula is C24H38N2O. The Morgan fingerprint density at radius 2 is 1.85 bits per heavy atom. The third kappa shape index (κ3) is 2.78. The molecule has 3 nitrogen and oxygen atoms in total. The maximum atomic E-state index is 13.2. The molecule has 1 aromatic rings. The molecule has 1 N–H and O–H groups in total. The number of aromatic amines is 1. The van der Waals surface area contributed by atoms with Gasteiger partial charge in [-0.3, -0.25) is 9.48 Å². The molecule has 4 aliphatic rings. The Bertz CT molecular complexity index is 680. The fourth-order valence-corrected chi connectivity index (χ4v) is 8.68. The van der Waals surface area contributed by atoms with Crippen LogP contribution in [0.15, 0.2) is 12.4 Å². The average molecular weight is 371 g/mol. The first kappa shape index (κ1) is 18.1. The summed E-state index contributed by atoms with van der Waals surface area (Å²) >= 11 is 0. The Kier molecular flexibility index (Phi) is 4.37. The van der Waals surface area contributed by atoms with Crippen LogP contribution in [0.2, 0.25) is 0 Å². The lowest BCUT2D eigenvalue weighted by molar-refractivity contribution is -0.131. The van der Waals surface area contributed by atoms with E-state index in [9.17, 15) is 4.79 Å².